The number of hydrogen-bond acceptors (Lipinski definition) is 3. The molecule has 0 spiro atoms. The van der Waals surface area contributed by atoms with Gasteiger partial charge >= 0.3 is 0 Å². The van der Waals surface area contributed by atoms with Gasteiger partial charge in [0, 0.05) is 7.11 Å². The number of ether oxygens (including phenoxy) is 1. The van der Waals surface area contributed by atoms with Gasteiger partial charge in [0.1, 0.15) is 12.4 Å². The highest BCUT2D eigenvalue weighted by atomic mass is 16.5. The lowest BCUT2D eigenvalue weighted by Gasteiger charge is -1.95. The van der Waals surface area contributed by atoms with Crippen LogP contribution in [-0.4, -0.2) is 23.0 Å². The maximum atomic E-state index is 11.1. The van der Waals surface area contributed by atoms with E-state index >= 15 is 0 Å². The maximum Gasteiger partial charge on any atom is 0.250 e. The molecule has 2 rings (SSSR count). The fraction of sp³-hybridized carbons (Fsp3) is 0.200. The average Bonchev–Trinajstić information content (AvgIpc) is 2.59. The number of hydrogen-bond donors (Lipinski definition) is 2. The molecule has 0 radical (unpaired) electrons. The molecular formula is C10H11N3O2. The summed E-state index contributed by atoms with van der Waals surface area (Å²) >= 11 is 0. The van der Waals surface area contributed by atoms with Gasteiger partial charge in [-0.15, -0.1) is 0 Å². The number of nitrogens with zero attached hydrogens (tertiary/aromatic N) is 1. The van der Waals surface area contributed by atoms with Gasteiger partial charge in [0.2, 0.25) is 0 Å². The zero-order valence-corrected chi connectivity index (χ0v) is 8.28. The summed E-state index contributed by atoms with van der Waals surface area (Å²) in [7, 11) is 1.59. The molecule has 1 aromatic heterocycles. The highest BCUT2D eigenvalue weighted by Crippen LogP contribution is 2.16. The lowest BCUT2D eigenvalue weighted by Crippen LogP contribution is -2.11. The summed E-state index contributed by atoms with van der Waals surface area (Å²) in [6, 6.07) is 5.23. The molecule has 0 saturated heterocycles. The number of benzene rings is 1. The van der Waals surface area contributed by atoms with Gasteiger partial charge in [-0.25, -0.2) is 4.98 Å². The zero-order valence-electron chi connectivity index (χ0n) is 8.28. The van der Waals surface area contributed by atoms with Crippen LogP contribution in [-0.2, 0) is 11.3 Å². The minimum Gasteiger partial charge on any atom is -0.377 e. The van der Waals surface area contributed by atoms with Crippen LogP contribution in [0.25, 0.3) is 11.0 Å². The predicted octanol–water partition coefficient (Wildman–Crippen LogP) is 0.808. The van der Waals surface area contributed by atoms with E-state index in [0.29, 0.717) is 23.5 Å². The number of primary amides is 1. The third-order valence-electron chi connectivity index (χ3n) is 2.11. The summed E-state index contributed by atoms with van der Waals surface area (Å²) in [6.07, 6.45) is 0. The molecule has 0 fully saturated rings. The first-order chi connectivity index (χ1) is 7.22. The van der Waals surface area contributed by atoms with E-state index in [9.17, 15) is 4.79 Å². The van der Waals surface area contributed by atoms with E-state index in [2.05, 4.69) is 9.97 Å². The Bertz CT molecular complexity index is 504. The van der Waals surface area contributed by atoms with Gasteiger partial charge in [0.05, 0.1) is 16.6 Å². The van der Waals surface area contributed by atoms with Crippen LogP contribution in [0.15, 0.2) is 18.2 Å². The summed E-state index contributed by atoms with van der Waals surface area (Å²) in [5.41, 5.74) is 7.08. The number of imidazole rings is 1. The van der Waals surface area contributed by atoms with Gasteiger partial charge < -0.3 is 15.5 Å². The number of rotatable bonds is 3. The van der Waals surface area contributed by atoms with Gasteiger partial charge in [-0.2, -0.15) is 0 Å². The monoisotopic (exact) mass is 205 g/mol. The summed E-state index contributed by atoms with van der Waals surface area (Å²) in [4.78, 5) is 18.4. The number of carbonyl (C=O) groups is 1. The number of carbonyl (C=O) groups excluding carboxylic acids is 1. The molecule has 0 aliphatic rings. The van der Waals surface area contributed by atoms with Crippen LogP contribution in [0.3, 0.4) is 0 Å². The molecule has 2 aromatic rings. The fourth-order valence-electron chi connectivity index (χ4n) is 1.49. The second-order valence-electron chi connectivity index (χ2n) is 3.18. The van der Waals surface area contributed by atoms with E-state index in [1.807, 2.05) is 6.07 Å². The number of para-hydroxylation sites is 1. The fourth-order valence-corrected chi connectivity index (χ4v) is 1.49. The molecule has 1 amide bonds. The van der Waals surface area contributed by atoms with E-state index in [4.69, 9.17) is 10.5 Å². The van der Waals surface area contributed by atoms with E-state index in [1.54, 1.807) is 19.2 Å². The van der Waals surface area contributed by atoms with Crippen molar-refractivity contribution in [2.45, 2.75) is 6.61 Å². The molecule has 15 heavy (non-hydrogen) atoms. The van der Waals surface area contributed by atoms with E-state index in [-0.39, 0.29) is 0 Å². The highest BCUT2D eigenvalue weighted by molar-refractivity contribution is 6.03. The second-order valence-corrected chi connectivity index (χ2v) is 3.18. The van der Waals surface area contributed by atoms with E-state index in [1.165, 1.54) is 0 Å². The highest BCUT2D eigenvalue weighted by Gasteiger charge is 2.09. The van der Waals surface area contributed by atoms with Gasteiger partial charge in [0.25, 0.3) is 5.91 Å². The molecule has 1 aromatic carbocycles. The van der Waals surface area contributed by atoms with Crippen LogP contribution in [0.5, 0.6) is 0 Å². The Balaban J connectivity index is 2.59. The van der Waals surface area contributed by atoms with Crippen molar-refractivity contribution in [2.75, 3.05) is 7.11 Å². The number of aromatic nitrogens is 2. The minimum atomic E-state index is -0.465. The molecule has 0 bridgehead atoms. The average molecular weight is 205 g/mol. The number of methoxy groups -OCH3 is 1. The van der Waals surface area contributed by atoms with Crippen molar-refractivity contribution in [1.82, 2.24) is 9.97 Å². The third-order valence-corrected chi connectivity index (χ3v) is 2.11. The summed E-state index contributed by atoms with van der Waals surface area (Å²) in [5.74, 6) is 0.217. The van der Waals surface area contributed by atoms with Crippen molar-refractivity contribution in [2.24, 2.45) is 5.73 Å². The Morgan fingerprint density at radius 2 is 2.40 bits per heavy atom. The molecule has 0 atom stereocenters. The molecule has 5 nitrogen and oxygen atoms in total. The number of aromatic amines is 1. The predicted molar refractivity (Wildman–Crippen MR) is 55.3 cm³/mol. The number of nitrogens with one attached hydrogen (secondary N) is 1. The standard InChI is InChI=1S/C10H11N3O2/c1-15-5-8-12-7-4-2-3-6(10(11)14)9(7)13-8/h2-4H,5H2,1H3,(H2,11,14)(H,12,13). The maximum absolute atomic E-state index is 11.1. The third kappa shape index (κ3) is 1.69. The summed E-state index contributed by atoms with van der Waals surface area (Å²) in [6.45, 7) is 0.382. The van der Waals surface area contributed by atoms with Crippen molar-refractivity contribution in [1.29, 1.82) is 0 Å². The molecule has 0 aliphatic heterocycles. The summed E-state index contributed by atoms with van der Waals surface area (Å²) in [5, 5.41) is 0. The lowest BCUT2D eigenvalue weighted by atomic mass is 10.2. The Labute approximate surface area is 86.3 Å². The quantitative estimate of drug-likeness (QED) is 0.777. The number of fused-ring (bicyclic) bond motifs is 1. The molecule has 0 saturated carbocycles. The van der Waals surface area contributed by atoms with Crippen LogP contribution in [0, 0.1) is 0 Å². The first kappa shape index (κ1) is 9.67. The first-order valence-corrected chi connectivity index (χ1v) is 4.48. The Hall–Kier alpha value is -1.88. The summed E-state index contributed by atoms with van der Waals surface area (Å²) < 4.78 is 4.95. The van der Waals surface area contributed by atoms with Gasteiger partial charge in [0.15, 0.2) is 0 Å². The lowest BCUT2D eigenvalue weighted by molar-refractivity contribution is 0.100. The topological polar surface area (TPSA) is 81.0 Å². The molecule has 78 valence electrons. The molecule has 3 N–H and O–H groups in total. The van der Waals surface area contributed by atoms with Crippen molar-refractivity contribution in [3.05, 3.63) is 29.6 Å². The Morgan fingerprint density at radius 1 is 1.60 bits per heavy atom. The van der Waals surface area contributed by atoms with Crippen molar-refractivity contribution >= 4 is 16.9 Å². The van der Waals surface area contributed by atoms with Crippen molar-refractivity contribution in [3.63, 3.8) is 0 Å². The Morgan fingerprint density at radius 3 is 3.07 bits per heavy atom. The molecular weight excluding hydrogens is 194 g/mol. The van der Waals surface area contributed by atoms with Gasteiger partial charge in [-0.1, -0.05) is 6.07 Å². The molecule has 0 aliphatic carbocycles. The van der Waals surface area contributed by atoms with Crippen LogP contribution >= 0.6 is 0 Å². The van der Waals surface area contributed by atoms with Crippen molar-refractivity contribution in [3.8, 4) is 0 Å². The molecule has 5 heteroatoms. The van der Waals surface area contributed by atoms with Crippen LogP contribution in [0.2, 0.25) is 0 Å². The van der Waals surface area contributed by atoms with Crippen LogP contribution in [0.4, 0.5) is 0 Å². The molecule has 0 unspecified atom stereocenters. The number of nitrogens with two attached hydrogens (primary N) is 1. The SMILES string of the molecule is COCc1nc2cccc(C(N)=O)c2[nH]1. The van der Waals surface area contributed by atoms with Crippen LogP contribution in [0.1, 0.15) is 16.2 Å². The normalized spacial score (nSPS) is 10.7. The van der Waals surface area contributed by atoms with E-state index in [0.717, 1.165) is 5.52 Å². The van der Waals surface area contributed by atoms with Gasteiger partial charge in [-0.05, 0) is 12.1 Å². The van der Waals surface area contributed by atoms with E-state index < -0.39 is 5.91 Å². The van der Waals surface area contributed by atoms with Crippen LogP contribution < -0.4 is 5.73 Å². The first-order valence-electron chi connectivity index (χ1n) is 4.48. The van der Waals surface area contributed by atoms with Gasteiger partial charge in [-0.3, -0.25) is 4.79 Å². The molecule has 1 heterocycles. The zero-order chi connectivity index (χ0) is 10.8. The number of amides is 1. The van der Waals surface area contributed by atoms with Crippen molar-refractivity contribution < 1.29 is 9.53 Å². The smallest absolute Gasteiger partial charge is 0.250 e. The second kappa shape index (κ2) is 3.70. The minimum absolute atomic E-state index is 0.382. The largest absolute Gasteiger partial charge is 0.377 e. The number of H-pyrrole nitrogens is 1. The Kier molecular flexibility index (Phi) is 2.39.